The molecule has 0 aromatic heterocycles. The number of hydrogen-bond acceptors (Lipinski definition) is 3. The summed E-state index contributed by atoms with van der Waals surface area (Å²) >= 11 is 0. The van der Waals surface area contributed by atoms with Crippen molar-refractivity contribution < 1.29 is 14.3 Å². The Morgan fingerprint density at radius 1 is 1.24 bits per heavy atom. The topological polar surface area (TPSA) is 35.5 Å². The molecule has 3 nitrogen and oxygen atoms in total. The summed E-state index contributed by atoms with van der Waals surface area (Å²) in [7, 11) is 3.31. The molecule has 1 rings (SSSR count). The number of hydrogen-bond donors (Lipinski definition) is 0. The molecule has 0 heterocycles. The molecular formula is C14H20O3. The van der Waals surface area contributed by atoms with Gasteiger partial charge in [0, 0.05) is 12.0 Å². The quantitative estimate of drug-likeness (QED) is 0.737. The molecule has 17 heavy (non-hydrogen) atoms. The van der Waals surface area contributed by atoms with Crippen molar-refractivity contribution in [2.75, 3.05) is 14.2 Å². The molecule has 0 aliphatic rings. The van der Waals surface area contributed by atoms with Gasteiger partial charge in [-0.2, -0.15) is 0 Å². The van der Waals surface area contributed by atoms with Crippen molar-refractivity contribution in [1.29, 1.82) is 0 Å². The van der Waals surface area contributed by atoms with Gasteiger partial charge in [-0.1, -0.05) is 6.92 Å². The third-order valence-corrected chi connectivity index (χ3v) is 3.23. The molecule has 3 heteroatoms. The van der Waals surface area contributed by atoms with E-state index in [1.54, 1.807) is 14.2 Å². The van der Waals surface area contributed by atoms with E-state index >= 15 is 0 Å². The minimum Gasteiger partial charge on any atom is -0.496 e. The lowest BCUT2D eigenvalue weighted by molar-refractivity contribution is -0.108. The summed E-state index contributed by atoms with van der Waals surface area (Å²) in [4.78, 5) is 10.6. The number of carbonyl (C=O) groups is 1. The lowest BCUT2D eigenvalue weighted by atomic mass is 9.93. The minimum absolute atomic E-state index is 0.135. The van der Waals surface area contributed by atoms with Crippen molar-refractivity contribution >= 4 is 6.29 Å². The number of methoxy groups -OCH3 is 2. The molecule has 0 fully saturated rings. The molecule has 0 saturated carbocycles. The van der Waals surface area contributed by atoms with Crippen LogP contribution in [-0.2, 0) is 4.79 Å². The first kappa shape index (κ1) is 13.6. The molecule has 0 aliphatic heterocycles. The molecule has 0 radical (unpaired) electrons. The van der Waals surface area contributed by atoms with Gasteiger partial charge in [-0.3, -0.25) is 0 Å². The van der Waals surface area contributed by atoms with Gasteiger partial charge in [-0.05, 0) is 37.0 Å². The summed E-state index contributed by atoms with van der Waals surface area (Å²) in [6.45, 7) is 6.03. The van der Waals surface area contributed by atoms with Crippen LogP contribution in [-0.4, -0.2) is 20.5 Å². The van der Waals surface area contributed by atoms with Gasteiger partial charge in [-0.25, -0.2) is 0 Å². The lowest BCUT2D eigenvalue weighted by Crippen LogP contribution is -2.03. The number of carbonyl (C=O) groups excluding carboxylic acids is 1. The van der Waals surface area contributed by atoms with Gasteiger partial charge < -0.3 is 14.3 Å². The van der Waals surface area contributed by atoms with Crippen molar-refractivity contribution in [3.05, 3.63) is 22.8 Å². The van der Waals surface area contributed by atoms with Crippen LogP contribution in [0.1, 0.15) is 36.0 Å². The Labute approximate surface area is 103 Å². The lowest BCUT2D eigenvalue weighted by Gasteiger charge is -2.19. The van der Waals surface area contributed by atoms with E-state index in [0.29, 0.717) is 6.42 Å². The van der Waals surface area contributed by atoms with Crippen molar-refractivity contribution in [2.24, 2.45) is 0 Å². The van der Waals surface area contributed by atoms with Crippen LogP contribution in [0.25, 0.3) is 0 Å². The van der Waals surface area contributed by atoms with E-state index < -0.39 is 0 Å². The summed E-state index contributed by atoms with van der Waals surface area (Å²) < 4.78 is 10.8. The SMILES string of the molecule is COc1cc(C(C)CC=O)c(OC)c(C)c1C. The standard InChI is InChI=1S/C14H20O3/c1-9(6-7-15)12-8-13(16-4)10(2)11(3)14(12)17-5/h7-9H,6H2,1-5H3. The molecule has 0 bridgehead atoms. The van der Waals surface area contributed by atoms with Gasteiger partial charge in [0.2, 0.25) is 0 Å². The smallest absolute Gasteiger partial charge is 0.125 e. The minimum atomic E-state index is 0.135. The predicted octanol–water partition coefficient (Wildman–Crippen LogP) is 3.01. The van der Waals surface area contributed by atoms with Gasteiger partial charge >= 0.3 is 0 Å². The second kappa shape index (κ2) is 5.71. The number of ether oxygens (including phenoxy) is 2. The van der Waals surface area contributed by atoms with Crippen LogP contribution >= 0.6 is 0 Å². The average molecular weight is 236 g/mol. The van der Waals surface area contributed by atoms with E-state index in [4.69, 9.17) is 9.47 Å². The maximum absolute atomic E-state index is 10.6. The number of benzene rings is 1. The summed E-state index contributed by atoms with van der Waals surface area (Å²) in [5.41, 5.74) is 3.17. The molecular weight excluding hydrogens is 216 g/mol. The highest BCUT2D eigenvalue weighted by molar-refractivity contribution is 5.57. The fourth-order valence-electron chi connectivity index (χ4n) is 2.01. The predicted molar refractivity (Wildman–Crippen MR) is 68.1 cm³/mol. The van der Waals surface area contributed by atoms with Crippen LogP contribution < -0.4 is 9.47 Å². The van der Waals surface area contributed by atoms with Crippen molar-refractivity contribution in [1.82, 2.24) is 0 Å². The number of rotatable bonds is 5. The van der Waals surface area contributed by atoms with Crippen molar-refractivity contribution in [3.63, 3.8) is 0 Å². The largest absolute Gasteiger partial charge is 0.496 e. The maximum Gasteiger partial charge on any atom is 0.125 e. The zero-order chi connectivity index (χ0) is 13.0. The van der Waals surface area contributed by atoms with E-state index in [-0.39, 0.29) is 5.92 Å². The van der Waals surface area contributed by atoms with Gasteiger partial charge in [0.1, 0.15) is 17.8 Å². The third kappa shape index (κ3) is 2.60. The third-order valence-electron chi connectivity index (χ3n) is 3.23. The monoisotopic (exact) mass is 236 g/mol. The Morgan fingerprint density at radius 2 is 1.88 bits per heavy atom. The summed E-state index contributed by atoms with van der Waals surface area (Å²) in [6.07, 6.45) is 1.42. The second-order valence-electron chi connectivity index (χ2n) is 4.25. The molecule has 1 unspecified atom stereocenters. The van der Waals surface area contributed by atoms with E-state index in [2.05, 4.69) is 0 Å². The molecule has 0 spiro atoms. The van der Waals surface area contributed by atoms with Gasteiger partial charge in [-0.15, -0.1) is 0 Å². The highest BCUT2D eigenvalue weighted by Gasteiger charge is 2.17. The fourth-order valence-corrected chi connectivity index (χ4v) is 2.01. The molecule has 0 amide bonds. The first-order valence-corrected chi connectivity index (χ1v) is 5.72. The number of aldehydes is 1. The van der Waals surface area contributed by atoms with E-state index in [1.165, 1.54) is 0 Å². The van der Waals surface area contributed by atoms with Crippen LogP contribution in [0.4, 0.5) is 0 Å². The van der Waals surface area contributed by atoms with Crippen LogP contribution in [0.15, 0.2) is 6.07 Å². The zero-order valence-electron chi connectivity index (χ0n) is 11.2. The molecule has 1 atom stereocenters. The van der Waals surface area contributed by atoms with Crippen molar-refractivity contribution in [2.45, 2.75) is 33.1 Å². The summed E-state index contributed by atoms with van der Waals surface area (Å²) in [5.74, 6) is 1.84. The second-order valence-corrected chi connectivity index (χ2v) is 4.25. The first-order chi connectivity index (χ1) is 8.06. The molecule has 94 valence electrons. The maximum atomic E-state index is 10.6. The van der Waals surface area contributed by atoms with Gasteiger partial charge in [0.05, 0.1) is 14.2 Å². The van der Waals surface area contributed by atoms with E-state index in [9.17, 15) is 4.79 Å². The Hall–Kier alpha value is -1.51. The molecule has 1 aromatic rings. The highest BCUT2D eigenvalue weighted by atomic mass is 16.5. The Balaban J connectivity index is 3.36. The summed E-state index contributed by atoms with van der Waals surface area (Å²) in [5, 5.41) is 0. The zero-order valence-corrected chi connectivity index (χ0v) is 11.2. The molecule has 0 aliphatic carbocycles. The normalized spacial score (nSPS) is 12.1. The summed E-state index contributed by atoms with van der Waals surface area (Å²) in [6, 6.07) is 1.97. The molecule has 1 aromatic carbocycles. The fraction of sp³-hybridized carbons (Fsp3) is 0.500. The Morgan fingerprint density at radius 3 is 2.35 bits per heavy atom. The average Bonchev–Trinajstić information content (AvgIpc) is 2.32. The Bertz CT molecular complexity index is 410. The molecule has 0 N–H and O–H groups in total. The Kier molecular flexibility index (Phi) is 4.55. The van der Waals surface area contributed by atoms with Crippen LogP contribution in [0.2, 0.25) is 0 Å². The van der Waals surface area contributed by atoms with Crippen LogP contribution in [0.3, 0.4) is 0 Å². The van der Waals surface area contributed by atoms with E-state index in [0.717, 1.165) is 34.5 Å². The molecule has 0 saturated heterocycles. The van der Waals surface area contributed by atoms with E-state index in [1.807, 2.05) is 26.8 Å². The van der Waals surface area contributed by atoms with Crippen LogP contribution in [0.5, 0.6) is 11.5 Å². The van der Waals surface area contributed by atoms with Gasteiger partial charge in [0.25, 0.3) is 0 Å². The van der Waals surface area contributed by atoms with Crippen LogP contribution in [0, 0.1) is 13.8 Å². The van der Waals surface area contributed by atoms with Crippen molar-refractivity contribution in [3.8, 4) is 11.5 Å². The highest BCUT2D eigenvalue weighted by Crippen LogP contribution is 2.37. The first-order valence-electron chi connectivity index (χ1n) is 5.72. The van der Waals surface area contributed by atoms with Gasteiger partial charge in [0.15, 0.2) is 0 Å².